The van der Waals surface area contributed by atoms with Crippen LogP contribution in [0.3, 0.4) is 0 Å². The molecular weight excluding hydrogens is 327 g/mol. The molecule has 0 unspecified atom stereocenters. The van der Waals surface area contributed by atoms with E-state index in [0.717, 1.165) is 29.8 Å². The summed E-state index contributed by atoms with van der Waals surface area (Å²) in [5, 5.41) is 9.59. The molecular formula is C22H23FN2O. The van der Waals surface area contributed by atoms with Gasteiger partial charge in [0.2, 0.25) is 0 Å². The van der Waals surface area contributed by atoms with Gasteiger partial charge in [0, 0.05) is 23.4 Å². The van der Waals surface area contributed by atoms with E-state index in [2.05, 4.69) is 24.0 Å². The van der Waals surface area contributed by atoms with E-state index in [9.17, 15) is 9.50 Å². The Hall–Kier alpha value is -2.72. The molecule has 2 aromatic carbocycles. The average molecular weight is 350 g/mol. The minimum Gasteiger partial charge on any atom is -0.505 e. The molecule has 1 aromatic heterocycles. The first-order valence-corrected chi connectivity index (χ1v) is 8.69. The molecule has 3 aromatic rings. The van der Waals surface area contributed by atoms with Gasteiger partial charge in [0.1, 0.15) is 0 Å². The lowest BCUT2D eigenvalue weighted by Gasteiger charge is -2.20. The first-order chi connectivity index (χ1) is 12.6. The third-order valence-electron chi connectivity index (χ3n) is 4.51. The molecule has 0 bridgehead atoms. The summed E-state index contributed by atoms with van der Waals surface area (Å²) >= 11 is 0. The van der Waals surface area contributed by atoms with E-state index < -0.39 is 5.82 Å². The van der Waals surface area contributed by atoms with Crippen LogP contribution in [0.2, 0.25) is 0 Å². The monoisotopic (exact) mass is 350 g/mol. The van der Waals surface area contributed by atoms with Gasteiger partial charge in [0.05, 0.1) is 0 Å². The van der Waals surface area contributed by atoms with Crippen LogP contribution in [0.25, 0.3) is 11.1 Å². The van der Waals surface area contributed by atoms with Crippen molar-refractivity contribution < 1.29 is 9.50 Å². The van der Waals surface area contributed by atoms with E-state index >= 15 is 0 Å². The van der Waals surface area contributed by atoms with Gasteiger partial charge < -0.3 is 10.0 Å². The van der Waals surface area contributed by atoms with Crippen LogP contribution in [0.5, 0.6) is 5.75 Å². The smallest absolute Gasteiger partial charge is 0.172 e. The summed E-state index contributed by atoms with van der Waals surface area (Å²) in [5.74, 6) is -0.736. The normalized spacial score (nSPS) is 12.3. The lowest BCUT2D eigenvalue weighted by atomic mass is 9.90. The molecule has 0 radical (unpaired) electrons. The number of aromatic nitrogens is 1. The first-order valence-electron chi connectivity index (χ1n) is 8.69. The molecule has 4 heteroatoms. The number of halogens is 1. The molecule has 0 saturated carbocycles. The molecule has 0 fully saturated rings. The molecule has 1 atom stereocenters. The number of rotatable bonds is 6. The summed E-state index contributed by atoms with van der Waals surface area (Å²) in [7, 11) is 4.12. The van der Waals surface area contributed by atoms with Crippen LogP contribution in [-0.2, 0) is 0 Å². The Morgan fingerprint density at radius 1 is 1.00 bits per heavy atom. The van der Waals surface area contributed by atoms with Crippen LogP contribution < -0.4 is 0 Å². The number of aromatic hydroxyl groups is 1. The van der Waals surface area contributed by atoms with Crippen molar-refractivity contribution in [2.75, 3.05) is 20.6 Å². The second-order valence-corrected chi connectivity index (χ2v) is 6.66. The first kappa shape index (κ1) is 18.1. The van der Waals surface area contributed by atoms with E-state index in [0.29, 0.717) is 5.56 Å². The number of pyridine rings is 1. The molecule has 1 N–H and O–H groups in total. The van der Waals surface area contributed by atoms with Gasteiger partial charge in [-0.3, -0.25) is 4.98 Å². The maximum Gasteiger partial charge on any atom is 0.172 e. The highest BCUT2D eigenvalue weighted by Gasteiger charge is 2.16. The van der Waals surface area contributed by atoms with E-state index in [-0.39, 0.29) is 11.7 Å². The Balaban J connectivity index is 1.92. The Labute approximate surface area is 153 Å². The van der Waals surface area contributed by atoms with Gasteiger partial charge in [-0.15, -0.1) is 0 Å². The predicted molar refractivity (Wildman–Crippen MR) is 103 cm³/mol. The van der Waals surface area contributed by atoms with E-state index in [1.54, 1.807) is 12.1 Å². The second-order valence-electron chi connectivity index (χ2n) is 6.66. The fourth-order valence-corrected chi connectivity index (χ4v) is 3.09. The van der Waals surface area contributed by atoms with Crippen LogP contribution in [0, 0.1) is 5.82 Å². The summed E-state index contributed by atoms with van der Waals surface area (Å²) in [6.45, 7) is 0.949. The SMILES string of the molecule is CN(C)CC[C@H](c1ccc(-c2cccc(O)c2F)cc1)c1ccccn1. The predicted octanol–water partition coefficient (Wildman–Crippen LogP) is 4.68. The van der Waals surface area contributed by atoms with Crippen molar-refractivity contribution in [2.24, 2.45) is 0 Å². The highest BCUT2D eigenvalue weighted by molar-refractivity contribution is 5.66. The lowest BCUT2D eigenvalue weighted by Crippen LogP contribution is -2.17. The third-order valence-corrected chi connectivity index (χ3v) is 4.51. The molecule has 0 spiro atoms. The fourth-order valence-electron chi connectivity index (χ4n) is 3.09. The van der Waals surface area contributed by atoms with E-state index in [1.165, 1.54) is 6.07 Å². The summed E-state index contributed by atoms with van der Waals surface area (Å²) in [6, 6.07) is 18.5. The van der Waals surface area contributed by atoms with E-state index in [1.807, 2.05) is 48.7 Å². The molecule has 26 heavy (non-hydrogen) atoms. The van der Waals surface area contributed by atoms with Crippen molar-refractivity contribution in [3.05, 3.63) is 83.9 Å². The van der Waals surface area contributed by atoms with Crippen LogP contribution in [0.4, 0.5) is 4.39 Å². The van der Waals surface area contributed by atoms with Crippen molar-refractivity contribution in [3.63, 3.8) is 0 Å². The maximum absolute atomic E-state index is 14.2. The van der Waals surface area contributed by atoms with Gasteiger partial charge in [-0.05, 0) is 56.4 Å². The van der Waals surface area contributed by atoms with Crippen LogP contribution in [0.1, 0.15) is 23.6 Å². The molecule has 1 heterocycles. The highest BCUT2D eigenvalue weighted by atomic mass is 19.1. The van der Waals surface area contributed by atoms with Crippen molar-refractivity contribution in [1.82, 2.24) is 9.88 Å². The third kappa shape index (κ3) is 4.09. The zero-order chi connectivity index (χ0) is 18.5. The number of phenolic OH excluding ortho intramolecular Hbond substituents is 1. The molecule has 0 aliphatic heterocycles. The van der Waals surface area contributed by atoms with Crippen LogP contribution >= 0.6 is 0 Å². The van der Waals surface area contributed by atoms with Crippen molar-refractivity contribution in [3.8, 4) is 16.9 Å². The molecule has 0 aliphatic rings. The topological polar surface area (TPSA) is 36.4 Å². The second kappa shape index (κ2) is 8.11. The Morgan fingerprint density at radius 2 is 1.77 bits per heavy atom. The molecule has 3 rings (SSSR count). The molecule has 3 nitrogen and oxygen atoms in total. The van der Waals surface area contributed by atoms with Gasteiger partial charge in [-0.1, -0.05) is 42.5 Å². The highest BCUT2D eigenvalue weighted by Crippen LogP contribution is 2.31. The lowest BCUT2D eigenvalue weighted by molar-refractivity contribution is 0.389. The van der Waals surface area contributed by atoms with Crippen molar-refractivity contribution >= 4 is 0 Å². The van der Waals surface area contributed by atoms with Gasteiger partial charge in [-0.2, -0.15) is 0 Å². The minimum absolute atomic E-state index is 0.182. The van der Waals surface area contributed by atoms with Crippen LogP contribution in [-0.4, -0.2) is 35.6 Å². The van der Waals surface area contributed by atoms with Gasteiger partial charge in [-0.25, -0.2) is 4.39 Å². The summed E-state index contributed by atoms with van der Waals surface area (Å²) in [4.78, 5) is 6.69. The number of hydrogen-bond donors (Lipinski definition) is 1. The van der Waals surface area contributed by atoms with Crippen molar-refractivity contribution in [1.29, 1.82) is 0 Å². The number of nitrogens with zero attached hydrogens (tertiary/aromatic N) is 2. The maximum atomic E-state index is 14.2. The van der Waals surface area contributed by atoms with Gasteiger partial charge in [0.15, 0.2) is 11.6 Å². The molecule has 0 saturated heterocycles. The Bertz CT molecular complexity index is 848. The zero-order valence-corrected chi connectivity index (χ0v) is 15.1. The summed E-state index contributed by atoms with van der Waals surface area (Å²) in [6.07, 6.45) is 2.76. The minimum atomic E-state index is -0.589. The zero-order valence-electron chi connectivity index (χ0n) is 15.1. The standard InChI is InChI=1S/C22H23FN2O/c1-25(2)15-13-18(20-7-3-4-14-24-20)16-9-11-17(12-10-16)19-6-5-8-21(26)22(19)23/h3-12,14,18,26H,13,15H2,1-2H3/t18-/m1/s1. The fraction of sp³-hybridized carbons (Fsp3) is 0.227. The van der Waals surface area contributed by atoms with E-state index in [4.69, 9.17) is 0 Å². The van der Waals surface area contributed by atoms with Crippen molar-refractivity contribution in [2.45, 2.75) is 12.3 Å². The quantitative estimate of drug-likeness (QED) is 0.701. The summed E-state index contributed by atoms with van der Waals surface area (Å²) < 4.78 is 14.2. The molecule has 134 valence electrons. The average Bonchev–Trinajstić information content (AvgIpc) is 2.65. The van der Waals surface area contributed by atoms with Gasteiger partial charge >= 0.3 is 0 Å². The summed E-state index contributed by atoms with van der Waals surface area (Å²) in [5.41, 5.74) is 3.33. The Morgan fingerprint density at radius 3 is 2.42 bits per heavy atom. The largest absolute Gasteiger partial charge is 0.505 e. The number of benzene rings is 2. The Kier molecular flexibility index (Phi) is 5.64. The number of hydrogen-bond acceptors (Lipinski definition) is 3. The van der Waals surface area contributed by atoms with Gasteiger partial charge in [0.25, 0.3) is 0 Å². The molecule has 0 aliphatic carbocycles. The molecule has 0 amide bonds. The van der Waals surface area contributed by atoms with Crippen LogP contribution in [0.15, 0.2) is 66.9 Å². The number of phenols is 1.